The summed E-state index contributed by atoms with van der Waals surface area (Å²) in [5, 5.41) is 19.4. The smallest absolute Gasteiger partial charge is 0.0717 e. The number of hydrogen-bond acceptors (Lipinski definition) is 3. The van der Waals surface area contributed by atoms with Crippen molar-refractivity contribution in [2.24, 2.45) is 5.92 Å². The van der Waals surface area contributed by atoms with Crippen LogP contribution in [0.3, 0.4) is 0 Å². The molecule has 0 bridgehead atoms. The molecule has 2 aromatic rings. The third-order valence-corrected chi connectivity index (χ3v) is 4.54. The van der Waals surface area contributed by atoms with E-state index in [1.807, 2.05) is 6.07 Å². The third-order valence-electron chi connectivity index (χ3n) is 4.54. The lowest BCUT2D eigenvalue weighted by Crippen LogP contribution is -2.44. The van der Waals surface area contributed by atoms with Gasteiger partial charge in [0.25, 0.3) is 0 Å². The minimum Gasteiger partial charge on any atom is -0.396 e. The first-order chi connectivity index (χ1) is 10.8. The highest BCUT2D eigenvalue weighted by atomic mass is 16.3. The zero-order chi connectivity index (χ0) is 15.4. The Kier molecular flexibility index (Phi) is 4.88. The van der Waals surface area contributed by atoms with Crippen molar-refractivity contribution in [3.63, 3.8) is 0 Å². The molecule has 3 nitrogen and oxygen atoms in total. The SMILES string of the molecule is OC[C@H]1CCN(Cc2ccccc2-c2ccccc2)C[C@@H]1O. The second-order valence-corrected chi connectivity index (χ2v) is 6.06. The number of β-amino-alcohol motifs (C(OH)–C–C–N with tert-alkyl or cyclic N) is 1. The van der Waals surface area contributed by atoms with Crippen LogP contribution in [0.2, 0.25) is 0 Å². The summed E-state index contributed by atoms with van der Waals surface area (Å²) >= 11 is 0. The molecule has 1 aliphatic heterocycles. The number of piperidine rings is 1. The molecule has 1 aliphatic rings. The second kappa shape index (κ2) is 7.05. The lowest BCUT2D eigenvalue weighted by atomic mass is 9.93. The minimum atomic E-state index is -0.428. The molecular weight excluding hydrogens is 274 g/mol. The highest BCUT2D eigenvalue weighted by Gasteiger charge is 2.27. The molecule has 3 heteroatoms. The molecule has 1 fully saturated rings. The predicted molar refractivity (Wildman–Crippen MR) is 88.4 cm³/mol. The molecule has 0 saturated carbocycles. The molecule has 2 N–H and O–H groups in total. The molecule has 0 unspecified atom stereocenters. The van der Waals surface area contributed by atoms with Gasteiger partial charge in [-0.2, -0.15) is 0 Å². The molecule has 3 rings (SSSR count). The Morgan fingerprint density at radius 2 is 1.73 bits per heavy atom. The average molecular weight is 297 g/mol. The number of benzene rings is 2. The number of hydrogen-bond donors (Lipinski definition) is 2. The van der Waals surface area contributed by atoms with Gasteiger partial charge in [-0.25, -0.2) is 0 Å². The Bertz CT molecular complexity index is 599. The summed E-state index contributed by atoms with van der Waals surface area (Å²) in [6.07, 6.45) is 0.424. The minimum absolute atomic E-state index is 0.0283. The molecular formula is C19H23NO2. The van der Waals surface area contributed by atoms with E-state index in [0.717, 1.165) is 19.5 Å². The van der Waals surface area contributed by atoms with Crippen molar-refractivity contribution in [2.75, 3.05) is 19.7 Å². The molecule has 0 aromatic heterocycles. The fourth-order valence-electron chi connectivity index (χ4n) is 3.20. The van der Waals surface area contributed by atoms with Gasteiger partial charge in [0, 0.05) is 25.6 Å². The highest BCUT2D eigenvalue weighted by Crippen LogP contribution is 2.26. The van der Waals surface area contributed by atoms with Gasteiger partial charge in [0.05, 0.1) is 6.10 Å². The second-order valence-electron chi connectivity index (χ2n) is 6.06. The monoisotopic (exact) mass is 297 g/mol. The first-order valence-electron chi connectivity index (χ1n) is 7.92. The molecule has 22 heavy (non-hydrogen) atoms. The molecule has 2 atom stereocenters. The first kappa shape index (κ1) is 15.2. The first-order valence-corrected chi connectivity index (χ1v) is 7.92. The van der Waals surface area contributed by atoms with E-state index in [1.165, 1.54) is 16.7 Å². The molecule has 0 aliphatic carbocycles. The summed E-state index contributed by atoms with van der Waals surface area (Å²) in [6, 6.07) is 18.9. The van der Waals surface area contributed by atoms with Gasteiger partial charge in [0.2, 0.25) is 0 Å². The van der Waals surface area contributed by atoms with Crippen LogP contribution in [0.1, 0.15) is 12.0 Å². The van der Waals surface area contributed by atoms with Crippen LogP contribution in [0, 0.1) is 5.92 Å². The molecule has 2 aromatic carbocycles. The molecule has 0 amide bonds. The summed E-state index contributed by atoms with van der Waals surface area (Å²) in [5.74, 6) is 0.0283. The number of rotatable bonds is 4. The van der Waals surface area contributed by atoms with Crippen molar-refractivity contribution >= 4 is 0 Å². The fraction of sp³-hybridized carbons (Fsp3) is 0.368. The van der Waals surface area contributed by atoms with Crippen molar-refractivity contribution in [1.29, 1.82) is 0 Å². The summed E-state index contributed by atoms with van der Waals surface area (Å²) in [4.78, 5) is 2.28. The van der Waals surface area contributed by atoms with E-state index in [2.05, 4.69) is 53.4 Å². The lowest BCUT2D eigenvalue weighted by Gasteiger charge is -2.35. The Morgan fingerprint density at radius 1 is 1.00 bits per heavy atom. The Morgan fingerprint density at radius 3 is 2.45 bits per heavy atom. The topological polar surface area (TPSA) is 43.7 Å². The van der Waals surface area contributed by atoms with Crippen LogP contribution in [-0.2, 0) is 6.54 Å². The maximum Gasteiger partial charge on any atom is 0.0717 e. The number of nitrogens with zero attached hydrogens (tertiary/aromatic N) is 1. The fourth-order valence-corrected chi connectivity index (χ4v) is 3.20. The Labute approximate surface area is 131 Å². The van der Waals surface area contributed by atoms with Crippen LogP contribution in [-0.4, -0.2) is 40.9 Å². The molecule has 1 heterocycles. The van der Waals surface area contributed by atoms with Crippen molar-refractivity contribution in [1.82, 2.24) is 4.90 Å². The maximum atomic E-state index is 10.1. The van der Waals surface area contributed by atoms with E-state index in [1.54, 1.807) is 0 Å². The standard InChI is InChI=1S/C19H23NO2/c21-14-17-10-11-20(13-19(17)22)12-16-8-4-5-9-18(16)15-6-2-1-3-7-15/h1-9,17,19,21-22H,10-14H2/t17-,19+/m1/s1. The van der Waals surface area contributed by atoms with Crippen molar-refractivity contribution in [2.45, 2.75) is 19.1 Å². The predicted octanol–water partition coefficient (Wildman–Crippen LogP) is 2.53. The zero-order valence-electron chi connectivity index (χ0n) is 12.7. The molecule has 0 spiro atoms. The van der Waals surface area contributed by atoms with Crippen LogP contribution >= 0.6 is 0 Å². The van der Waals surface area contributed by atoms with E-state index in [0.29, 0.717) is 6.54 Å². The van der Waals surface area contributed by atoms with Crippen LogP contribution in [0.25, 0.3) is 11.1 Å². The Balaban J connectivity index is 1.76. The number of aliphatic hydroxyl groups is 2. The van der Waals surface area contributed by atoms with E-state index in [-0.39, 0.29) is 12.5 Å². The largest absolute Gasteiger partial charge is 0.396 e. The third kappa shape index (κ3) is 3.38. The van der Waals surface area contributed by atoms with Gasteiger partial charge >= 0.3 is 0 Å². The van der Waals surface area contributed by atoms with Gasteiger partial charge < -0.3 is 10.2 Å². The zero-order valence-corrected chi connectivity index (χ0v) is 12.7. The van der Waals surface area contributed by atoms with Crippen LogP contribution in [0.15, 0.2) is 54.6 Å². The van der Waals surface area contributed by atoms with Gasteiger partial charge in [0.15, 0.2) is 0 Å². The summed E-state index contributed by atoms with van der Waals surface area (Å²) < 4.78 is 0. The van der Waals surface area contributed by atoms with Crippen LogP contribution in [0.5, 0.6) is 0 Å². The van der Waals surface area contributed by atoms with Gasteiger partial charge in [-0.05, 0) is 29.7 Å². The van der Waals surface area contributed by atoms with Crippen molar-refractivity contribution < 1.29 is 10.2 Å². The number of likely N-dealkylation sites (tertiary alicyclic amines) is 1. The quantitative estimate of drug-likeness (QED) is 0.911. The van der Waals surface area contributed by atoms with Crippen molar-refractivity contribution in [3.8, 4) is 11.1 Å². The van der Waals surface area contributed by atoms with Crippen molar-refractivity contribution in [3.05, 3.63) is 60.2 Å². The molecule has 0 radical (unpaired) electrons. The highest BCUT2D eigenvalue weighted by molar-refractivity contribution is 5.67. The van der Waals surface area contributed by atoms with Gasteiger partial charge in [-0.15, -0.1) is 0 Å². The van der Waals surface area contributed by atoms with E-state index in [4.69, 9.17) is 0 Å². The van der Waals surface area contributed by atoms with Gasteiger partial charge in [-0.1, -0.05) is 54.6 Å². The van der Waals surface area contributed by atoms with E-state index >= 15 is 0 Å². The summed E-state index contributed by atoms with van der Waals surface area (Å²) in [5.41, 5.74) is 3.76. The normalized spacial score (nSPS) is 22.6. The number of aliphatic hydroxyl groups excluding tert-OH is 2. The van der Waals surface area contributed by atoms with E-state index in [9.17, 15) is 10.2 Å². The van der Waals surface area contributed by atoms with Crippen LogP contribution in [0.4, 0.5) is 0 Å². The molecule has 1 saturated heterocycles. The Hall–Kier alpha value is -1.68. The molecule has 116 valence electrons. The summed E-state index contributed by atoms with van der Waals surface area (Å²) in [7, 11) is 0. The van der Waals surface area contributed by atoms with Gasteiger partial charge in [-0.3, -0.25) is 4.90 Å². The summed E-state index contributed by atoms with van der Waals surface area (Å²) in [6.45, 7) is 2.47. The maximum absolute atomic E-state index is 10.1. The average Bonchev–Trinajstić information content (AvgIpc) is 2.56. The lowest BCUT2D eigenvalue weighted by molar-refractivity contribution is -0.00439. The van der Waals surface area contributed by atoms with E-state index < -0.39 is 6.10 Å². The van der Waals surface area contributed by atoms with Crippen LogP contribution < -0.4 is 0 Å². The van der Waals surface area contributed by atoms with Gasteiger partial charge in [0.1, 0.15) is 0 Å².